The van der Waals surface area contributed by atoms with E-state index in [1.54, 1.807) is 0 Å². The van der Waals surface area contributed by atoms with Crippen LogP contribution in [-0.4, -0.2) is 47.5 Å². The van der Waals surface area contributed by atoms with Gasteiger partial charge in [0, 0.05) is 44.8 Å². The highest BCUT2D eigenvalue weighted by molar-refractivity contribution is 7.80. The minimum absolute atomic E-state index is 0.462. The summed E-state index contributed by atoms with van der Waals surface area (Å²) in [5.41, 5.74) is 9.17. The molecule has 2 N–H and O–H groups in total. The van der Waals surface area contributed by atoms with Gasteiger partial charge in [-0.05, 0) is 11.1 Å². The minimum atomic E-state index is 0.462. The lowest BCUT2D eigenvalue weighted by Crippen LogP contribution is -2.45. The molecule has 0 bridgehead atoms. The van der Waals surface area contributed by atoms with Crippen molar-refractivity contribution >= 4 is 23.3 Å². The maximum atomic E-state index is 5.65. The Balaban J connectivity index is 1.42. The second kappa shape index (κ2) is 8.90. The summed E-state index contributed by atoms with van der Waals surface area (Å²) in [5.74, 6) is 0. The molecule has 4 heteroatoms. The number of hydrogen-bond donors (Lipinski definition) is 1. The topological polar surface area (TPSA) is 32.5 Å². The first kappa shape index (κ1) is 17.8. The maximum Gasteiger partial charge on any atom is 0.103 e. The number of thiocarbonyl (C=S) groups is 1. The van der Waals surface area contributed by atoms with Crippen LogP contribution in [-0.2, 0) is 6.54 Å². The second-order valence-electron chi connectivity index (χ2n) is 6.45. The number of rotatable bonds is 6. The van der Waals surface area contributed by atoms with Crippen LogP contribution in [0.1, 0.15) is 16.7 Å². The lowest BCUT2D eigenvalue weighted by atomic mass is 10.1. The molecule has 3 rings (SSSR count). The molecule has 130 valence electrons. The van der Waals surface area contributed by atoms with Crippen LogP contribution in [0.25, 0.3) is 6.08 Å². The molecular formula is C21H25N3S. The summed E-state index contributed by atoms with van der Waals surface area (Å²) < 4.78 is 0. The third kappa shape index (κ3) is 5.49. The molecule has 1 aliphatic rings. The van der Waals surface area contributed by atoms with E-state index in [4.69, 9.17) is 18.0 Å². The quantitative estimate of drug-likeness (QED) is 0.811. The Hall–Kier alpha value is -2.01. The van der Waals surface area contributed by atoms with Crippen molar-refractivity contribution in [1.29, 1.82) is 0 Å². The Morgan fingerprint density at radius 1 is 0.920 bits per heavy atom. The third-order valence-corrected chi connectivity index (χ3v) is 4.82. The average Bonchev–Trinajstić information content (AvgIpc) is 2.64. The fraction of sp³-hybridized carbons (Fsp3) is 0.286. The van der Waals surface area contributed by atoms with Crippen LogP contribution in [0.2, 0.25) is 0 Å². The monoisotopic (exact) mass is 351 g/mol. The zero-order chi connectivity index (χ0) is 17.5. The Labute approximate surface area is 155 Å². The summed E-state index contributed by atoms with van der Waals surface area (Å²) in [4.78, 5) is 5.47. The van der Waals surface area contributed by atoms with Gasteiger partial charge in [0.25, 0.3) is 0 Å². The van der Waals surface area contributed by atoms with Gasteiger partial charge in [0.2, 0.25) is 0 Å². The molecule has 1 fully saturated rings. The van der Waals surface area contributed by atoms with Crippen molar-refractivity contribution in [3.05, 3.63) is 77.4 Å². The van der Waals surface area contributed by atoms with E-state index in [2.05, 4.69) is 58.4 Å². The van der Waals surface area contributed by atoms with Crippen LogP contribution in [0.4, 0.5) is 0 Å². The van der Waals surface area contributed by atoms with Crippen molar-refractivity contribution < 1.29 is 0 Å². The van der Waals surface area contributed by atoms with Crippen molar-refractivity contribution in [2.24, 2.45) is 5.73 Å². The van der Waals surface area contributed by atoms with E-state index >= 15 is 0 Å². The number of benzene rings is 2. The number of nitrogens with two attached hydrogens (primary N) is 1. The first-order valence-electron chi connectivity index (χ1n) is 8.76. The van der Waals surface area contributed by atoms with E-state index in [1.807, 2.05) is 18.2 Å². The molecule has 0 amide bonds. The van der Waals surface area contributed by atoms with Crippen molar-refractivity contribution in [2.75, 3.05) is 32.7 Å². The molecule has 2 aromatic rings. The molecule has 0 aliphatic carbocycles. The highest BCUT2D eigenvalue weighted by Crippen LogP contribution is 2.11. The summed E-state index contributed by atoms with van der Waals surface area (Å²) in [6.07, 6.45) is 4.47. The summed E-state index contributed by atoms with van der Waals surface area (Å²) in [5, 5.41) is 0. The largest absolute Gasteiger partial charge is 0.389 e. The van der Waals surface area contributed by atoms with E-state index in [-0.39, 0.29) is 0 Å². The smallest absolute Gasteiger partial charge is 0.103 e. The van der Waals surface area contributed by atoms with Gasteiger partial charge in [-0.1, -0.05) is 79.0 Å². The molecule has 3 nitrogen and oxygen atoms in total. The van der Waals surface area contributed by atoms with Crippen molar-refractivity contribution in [3.63, 3.8) is 0 Å². The van der Waals surface area contributed by atoms with Crippen LogP contribution in [0, 0.1) is 0 Å². The van der Waals surface area contributed by atoms with Crippen LogP contribution in [0.5, 0.6) is 0 Å². The highest BCUT2D eigenvalue weighted by Gasteiger charge is 2.15. The number of nitrogens with zero attached hydrogens (tertiary/aromatic N) is 2. The van der Waals surface area contributed by atoms with Gasteiger partial charge < -0.3 is 5.73 Å². The minimum Gasteiger partial charge on any atom is -0.389 e. The van der Waals surface area contributed by atoms with Gasteiger partial charge in [-0.2, -0.15) is 0 Å². The summed E-state index contributed by atoms with van der Waals surface area (Å²) >= 11 is 5.00. The zero-order valence-electron chi connectivity index (χ0n) is 14.5. The normalized spacial score (nSPS) is 16.3. The summed E-state index contributed by atoms with van der Waals surface area (Å²) in [6.45, 7) is 6.46. The Morgan fingerprint density at radius 2 is 1.56 bits per heavy atom. The van der Waals surface area contributed by atoms with Crippen molar-refractivity contribution in [3.8, 4) is 0 Å². The first-order valence-corrected chi connectivity index (χ1v) is 9.16. The van der Waals surface area contributed by atoms with E-state index in [0.717, 1.165) is 44.8 Å². The van der Waals surface area contributed by atoms with Crippen molar-refractivity contribution in [2.45, 2.75) is 6.54 Å². The Bertz CT molecular complexity index is 702. The van der Waals surface area contributed by atoms with E-state index < -0.39 is 0 Å². The van der Waals surface area contributed by atoms with E-state index in [9.17, 15) is 0 Å². The third-order valence-electron chi connectivity index (χ3n) is 4.58. The van der Waals surface area contributed by atoms with E-state index in [0.29, 0.717) is 4.99 Å². The lowest BCUT2D eigenvalue weighted by Gasteiger charge is -2.34. The second-order valence-corrected chi connectivity index (χ2v) is 6.89. The molecule has 0 aromatic heterocycles. The van der Waals surface area contributed by atoms with Gasteiger partial charge >= 0.3 is 0 Å². The Kier molecular flexibility index (Phi) is 6.34. The predicted octanol–water partition coefficient (Wildman–Crippen LogP) is 3.15. The fourth-order valence-corrected chi connectivity index (χ4v) is 3.20. The molecule has 0 atom stereocenters. The van der Waals surface area contributed by atoms with Gasteiger partial charge in [-0.3, -0.25) is 9.80 Å². The van der Waals surface area contributed by atoms with Crippen molar-refractivity contribution in [1.82, 2.24) is 9.80 Å². The zero-order valence-corrected chi connectivity index (χ0v) is 15.3. The van der Waals surface area contributed by atoms with Gasteiger partial charge in [0.15, 0.2) is 0 Å². The van der Waals surface area contributed by atoms with Crippen LogP contribution < -0.4 is 5.73 Å². The Morgan fingerprint density at radius 3 is 2.20 bits per heavy atom. The first-order chi connectivity index (χ1) is 12.2. The molecule has 0 radical (unpaired) electrons. The molecule has 0 spiro atoms. The highest BCUT2D eigenvalue weighted by atomic mass is 32.1. The summed E-state index contributed by atoms with van der Waals surface area (Å²) in [7, 11) is 0. The predicted molar refractivity (Wildman–Crippen MR) is 110 cm³/mol. The number of hydrogen-bond acceptors (Lipinski definition) is 3. The molecule has 2 aromatic carbocycles. The summed E-state index contributed by atoms with van der Waals surface area (Å²) in [6, 6.07) is 18.8. The van der Waals surface area contributed by atoms with Crippen LogP contribution in [0.3, 0.4) is 0 Å². The molecule has 1 heterocycles. The fourth-order valence-electron chi connectivity index (χ4n) is 3.06. The molecular weight excluding hydrogens is 326 g/mol. The lowest BCUT2D eigenvalue weighted by molar-refractivity contribution is 0.137. The molecule has 1 aliphatic heterocycles. The van der Waals surface area contributed by atoms with Crippen LogP contribution in [0.15, 0.2) is 60.7 Å². The van der Waals surface area contributed by atoms with Gasteiger partial charge in [-0.15, -0.1) is 0 Å². The van der Waals surface area contributed by atoms with Gasteiger partial charge in [0.1, 0.15) is 4.99 Å². The molecule has 0 saturated carbocycles. The van der Waals surface area contributed by atoms with Crippen LogP contribution >= 0.6 is 12.2 Å². The van der Waals surface area contributed by atoms with E-state index in [1.165, 1.54) is 11.1 Å². The SMILES string of the molecule is NC(=S)c1ccc(CN2CCN(C/C=C/c3ccccc3)CC2)cc1. The molecule has 0 unspecified atom stereocenters. The molecule has 25 heavy (non-hydrogen) atoms. The van der Waals surface area contributed by atoms with Gasteiger partial charge in [0.05, 0.1) is 0 Å². The maximum absolute atomic E-state index is 5.65. The number of piperazine rings is 1. The molecule has 1 saturated heterocycles. The average molecular weight is 352 g/mol. The van der Waals surface area contributed by atoms with Gasteiger partial charge in [-0.25, -0.2) is 0 Å². The standard InChI is InChI=1S/C21H25N3S/c22-21(25)20-10-8-19(9-11-20)17-24-15-13-23(14-16-24)12-4-7-18-5-2-1-3-6-18/h1-11H,12-17H2,(H2,22,25)/b7-4+.